The van der Waals surface area contributed by atoms with E-state index < -0.39 is 0 Å². The third-order valence-corrected chi connectivity index (χ3v) is 3.99. The molecule has 2 atom stereocenters. The summed E-state index contributed by atoms with van der Waals surface area (Å²) < 4.78 is 0. The van der Waals surface area contributed by atoms with E-state index >= 15 is 0 Å². The molecule has 15 heavy (non-hydrogen) atoms. The highest BCUT2D eigenvalue weighted by Crippen LogP contribution is 2.39. The summed E-state index contributed by atoms with van der Waals surface area (Å²) in [6.07, 6.45) is 5.67. The van der Waals surface area contributed by atoms with E-state index in [9.17, 15) is 5.11 Å². The second-order valence-corrected chi connectivity index (χ2v) is 4.96. The number of likely N-dealkylation sites (tertiary alicyclic amines) is 1. The molecule has 1 heterocycles. The van der Waals surface area contributed by atoms with Crippen LogP contribution in [0.2, 0.25) is 0 Å². The first-order valence-corrected chi connectivity index (χ1v) is 6.09. The third kappa shape index (κ3) is 2.35. The number of rotatable bonds is 1. The van der Waals surface area contributed by atoms with Crippen LogP contribution in [0.3, 0.4) is 0 Å². The Labute approximate surface area is 92.7 Å². The molecule has 1 saturated carbocycles. The average Bonchev–Trinajstić information content (AvgIpc) is 2.26. The fourth-order valence-corrected chi connectivity index (χ4v) is 2.97. The van der Waals surface area contributed by atoms with Crippen molar-refractivity contribution in [1.82, 2.24) is 4.90 Å². The molecular weight excluding hydrogens is 186 g/mol. The second-order valence-electron chi connectivity index (χ2n) is 4.96. The van der Waals surface area contributed by atoms with Crippen LogP contribution in [0, 0.1) is 17.8 Å². The summed E-state index contributed by atoms with van der Waals surface area (Å²) >= 11 is 0. The lowest BCUT2D eigenvalue weighted by molar-refractivity contribution is -0.0930. The van der Waals surface area contributed by atoms with Crippen molar-refractivity contribution in [2.45, 2.75) is 44.6 Å². The van der Waals surface area contributed by atoms with Crippen LogP contribution in [0.15, 0.2) is 0 Å². The van der Waals surface area contributed by atoms with Gasteiger partial charge in [0.2, 0.25) is 0 Å². The number of aliphatic hydroxyl groups is 1. The van der Waals surface area contributed by atoms with Crippen molar-refractivity contribution in [3.05, 3.63) is 0 Å². The molecule has 0 amide bonds. The van der Waals surface area contributed by atoms with E-state index in [0.717, 1.165) is 32.5 Å². The summed E-state index contributed by atoms with van der Waals surface area (Å²) in [5, 5.41) is 10.5. The van der Waals surface area contributed by atoms with E-state index in [4.69, 9.17) is 0 Å². The molecule has 2 nitrogen and oxygen atoms in total. The number of piperidine rings is 1. The molecular formula is C13H21NO. The number of hydrogen-bond donors (Lipinski definition) is 1. The highest BCUT2D eigenvalue weighted by molar-refractivity contribution is 5.01. The van der Waals surface area contributed by atoms with Crippen LogP contribution in [0.5, 0.6) is 0 Å². The van der Waals surface area contributed by atoms with Crippen LogP contribution < -0.4 is 0 Å². The van der Waals surface area contributed by atoms with E-state index in [2.05, 4.69) is 16.7 Å². The van der Waals surface area contributed by atoms with Gasteiger partial charge in [-0.15, -0.1) is 5.92 Å². The van der Waals surface area contributed by atoms with Crippen LogP contribution in [-0.2, 0) is 0 Å². The van der Waals surface area contributed by atoms with Gasteiger partial charge in [0.15, 0.2) is 0 Å². The van der Waals surface area contributed by atoms with Gasteiger partial charge < -0.3 is 5.11 Å². The predicted octanol–water partition coefficient (Wildman–Crippen LogP) is 1.64. The van der Waals surface area contributed by atoms with Gasteiger partial charge >= 0.3 is 0 Å². The first-order chi connectivity index (χ1) is 7.24. The summed E-state index contributed by atoms with van der Waals surface area (Å²) in [6, 6.07) is 0. The minimum absolute atomic E-state index is 0.339. The zero-order valence-electron chi connectivity index (χ0n) is 9.63. The molecule has 1 aliphatic heterocycles. The molecule has 2 unspecified atom stereocenters. The van der Waals surface area contributed by atoms with Crippen molar-refractivity contribution < 1.29 is 5.11 Å². The van der Waals surface area contributed by atoms with Gasteiger partial charge in [0.25, 0.3) is 0 Å². The average molecular weight is 207 g/mol. The Morgan fingerprint density at radius 3 is 3.07 bits per heavy atom. The molecule has 0 aromatic rings. The molecule has 0 aromatic heterocycles. The van der Waals surface area contributed by atoms with Gasteiger partial charge in [-0.1, -0.05) is 18.8 Å². The smallest absolute Gasteiger partial charge is 0.0700 e. The number of nitrogens with zero attached hydrogens (tertiary/aromatic N) is 1. The van der Waals surface area contributed by atoms with Crippen LogP contribution in [0.1, 0.15) is 39.0 Å². The van der Waals surface area contributed by atoms with Crippen molar-refractivity contribution >= 4 is 0 Å². The van der Waals surface area contributed by atoms with Gasteiger partial charge in [0.05, 0.1) is 12.1 Å². The molecule has 1 saturated heterocycles. The maximum absolute atomic E-state index is 10.5. The zero-order valence-corrected chi connectivity index (χ0v) is 9.63. The minimum atomic E-state index is -0.339. The Morgan fingerprint density at radius 2 is 2.27 bits per heavy atom. The predicted molar refractivity (Wildman–Crippen MR) is 61.4 cm³/mol. The van der Waals surface area contributed by atoms with E-state index in [1.54, 1.807) is 0 Å². The summed E-state index contributed by atoms with van der Waals surface area (Å²) in [4.78, 5) is 2.39. The van der Waals surface area contributed by atoms with Gasteiger partial charge in [-0.05, 0) is 26.2 Å². The van der Waals surface area contributed by atoms with Gasteiger partial charge in [-0.3, -0.25) is 4.90 Å². The Balaban J connectivity index is 1.94. The molecule has 0 bridgehead atoms. The Hall–Kier alpha value is -0.520. The summed E-state index contributed by atoms with van der Waals surface area (Å²) in [6.45, 7) is 4.83. The topological polar surface area (TPSA) is 23.5 Å². The third-order valence-electron chi connectivity index (χ3n) is 3.99. The second kappa shape index (κ2) is 4.55. The normalized spacial score (nSPS) is 36.5. The maximum Gasteiger partial charge on any atom is 0.0700 e. The summed E-state index contributed by atoms with van der Waals surface area (Å²) in [5.41, 5.74) is -0.339. The molecule has 2 fully saturated rings. The first-order valence-electron chi connectivity index (χ1n) is 6.09. The highest BCUT2D eigenvalue weighted by Gasteiger charge is 2.42. The van der Waals surface area contributed by atoms with Crippen LogP contribution in [0.25, 0.3) is 0 Å². The van der Waals surface area contributed by atoms with Crippen molar-refractivity contribution in [2.75, 3.05) is 19.6 Å². The van der Waals surface area contributed by atoms with Crippen molar-refractivity contribution in [3.63, 3.8) is 0 Å². The number of hydrogen-bond acceptors (Lipinski definition) is 2. The molecule has 0 radical (unpaired) electrons. The van der Waals surface area contributed by atoms with E-state index in [1.807, 2.05) is 6.92 Å². The molecule has 1 aliphatic carbocycles. The lowest BCUT2D eigenvalue weighted by Crippen LogP contribution is -2.53. The van der Waals surface area contributed by atoms with Gasteiger partial charge in [-0.2, -0.15) is 0 Å². The fraction of sp³-hybridized carbons (Fsp3) is 0.846. The Kier molecular flexibility index (Phi) is 3.33. The van der Waals surface area contributed by atoms with E-state index in [0.29, 0.717) is 5.92 Å². The highest BCUT2D eigenvalue weighted by atomic mass is 16.3. The SMILES string of the molecule is CC#CCN1CCC2(O)CCCCC2C1. The standard InChI is InChI=1S/C13H21NO/c1-2-3-9-14-10-8-13(15)7-5-4-6-12(13)11-14/h12,15H,4-11H2,1H3. The molecule has 0 spiro atoms. The molecule has 2 aliphatic rings. The maximum atomic E-state index is 10.5. The largest absolute Gasteiger partial charge is 0.390 e. The number of fused-ring (bicyclic) bond motifs is 1. The zero-order chi connectivity index (χ0) is 10.7. The van der Waals surface area contributed by atoms with Gasteiger partial charge in [-0.25, -0.2) is 0 Å². The molecule has 2 rings (SSSR count). The lowest BCUT2D eigenvalue weighted by atomic mass is 9.71. The quantitative estimate of drug-likeness (QED) is 0.661. The minimum Gasteiger partial charge on any atom is -0.390 e. The lowest BCUT2D eigenvalue weighted by Gasteiger charge is -2.47. The first kappa shape index (κ1) is 11.0. The van der Waals surface area contributed by atoms with Crippen LogP contribution in [0.4, 0.5) is 0 Å². The van der Waals surface area contributed by atoms with E-state index in [1.165, 1.54) is 19.3 Å². The summed E-state index contributed by atoms with van der Waals surface area (Å²) in [5.74, 6) is 6.56. The Bertz CT molecular complexity index is 278. The van der Waals surface area contributed by atoms with Gasteiger partial charge in [0.1, 0.15) is 0 Å². The monoisotopic (exact) mass is 207 g/mol. The molecule has 84 valence electrons. The van der Waals surface area contributed by atoms with Crippen LogP contribution >= 0.6 is 0 Å². The Morgan fingerprint density at radius 1 is 1.40 bits per heavy atom. The van der Waals surface area contributed by atoms with Crippen LogP contribution in [-0.4, -0.2) is 35.2 Å². The molecule has 2 heteroatoms. The molecule has 1 N–H and O–H groups in total. The van der Waals surface area contributed by atoms with Gasteiger partial charge in [0, 0.05) is 19.0 Å². The van der Waals surface area contributed by atoms with Crippen molar-refractivity contribution in [1.29, 1.82) is 0 Å². The van der Waals surface area contributed by atoms with Crippen molar-refractivity contribution in [3.8, 4) is 11.8 Å². The fourth-order valence-electron chi connectivity index (χ4n) is 2.97. The van der Waals surface area contributed by atoms with E-state index in [-0.39, 0.29) is 5.60 Å². The molecule has 0 aromatic carbocycles. The van der Waals surface area contributed by atoms with Crippen molar-refractivity contribution in [2.24, 2.45) is 5.92 Å². The summed E-state index contributed by atoms with van der Waals surface area (Å²) in [7, 11) is 0.